The number of hydrogen-bond acceptors (Lipinski definition) is 7. The highest BCUT2D eigenvalue weighted by Crippen LogP contribution is 2.44. The number of likely N-dealkylation sites (tertiary alicyclic amines) is 1. The Morgan fingerprint density at radius 3 is 2.29 bits per heavy atom. The normalized spacial score (nSPS) is 29.2. The molecule has 0 spiro atoms. The van der Waals surface area contributed by atoms with Crippen molar-refractivity contribution in [2.45, 2.75) is 67.6 Å². The van der Waals surface area contributed by atoms with E-state index in [9.17, 15) is 31.3 Å². The van der Waals surface area contributed by atoms with Gasteiger partial charge in [0.05, 0.1) is 34.7 Å². The minimum absolute atomic E-state index is 0.00470. The molecule has 0 aromatic heterocycles. The van der Waals surface area contributed by atoms with E-state index in [1.807, 2.05) is 19.9 Å². The number of carbonyl (C=O) groups excluding carboxylic acids is 1. The van der Waals surface area contributed by atoms with E-state index >= 15 is 0 Å². The van der Waals surface area contributed by atoms with E-state index < -0.39 is 36.8 Å². The first-order valence-corrected chi connectivity index (χ1v) is 14.8. The summed E-state index contributed by atoms with van der Waals surface area (Å²) in [5.41, 5.74) is -1.60. The fourth-order valence-electron chi connectivity index (χ4n) is 5.11. The molecule has 11 heteroatoms. The summed E-state index contributed by atoms with van der Waals surface area (Å²) in [6.07, 6.45) is 1.16. The molecule has 1 saturated carbocycles. The van der Waals surface area contributed by atoms with Crippen LogP contribution in [0.25, 0.3) is 0 Å². The molecule has 34 heavy (non-hydrogen) atoms. The number of nitriles is 1. The summed E-state index contributed by atoms with van der Waals surface area (Å²) in [4.78, 5) is 14.2. The summed E-state index contributed by atoms with van der Waals surface area (Å²) < 4.78 is 63.2. The fraction of sp³-hybridized carbons (Fsp3) is 0.652. The summed E-state index contributed by atoms with van der Waals surface area (Å²) in [5, 5.41) is 12.6. The molecule has 4 unspecified atom stereocenters. The predicted octanol–water partition coefficient (Wildman–Crippen LogP) is 2.11. The smallest absolute Gasteiger partial charge is 0.237 e. The number of halogens is 1. The standard InChI is InChI=1S/C23H32FN3O5S2/c1-22(2)16(14-34(31,32)19-8-6-18(7-9-19)33(4,29)30)5-10-20(22)26-12-21(28)27-13-17(24)11-23(27,3)15-25/h6-9,16-17,20,26H,5,10-14H2,1-4H3. The molecule has 3 rings (SSSR count). The SMILES string of the molecule is CC1(C)C(CS(=O)(=O)c2ccc(S(C)(=O)=O)cc2)CCC1NCC(=O)N1CC(F)CC1(C)C#N. The number of hydrogen-bond donors (Lipinski definition) is 1. The number of amides is 1. The topological polar surface area (TPSA) is 124 Å². The number of alkyl halides is 1. The van der Waals surface area contributed by atoms with Crippen LogP contribution in [0.5, 0.6) is 0 Å². The van der Waals surface area contributed by atoms with Crippen LogP contribution in [0.3, 0.4) is 0 Å². The quantitative estimate of drug-likeness (QED) is 0.592. The van der Waals surface area contributed by atoms with Crippen molar-refractivity contribution in [2.24, 2.45) is 11.3 Å². The van der Waals surface area contributed by atoms with Gasteiger partial charge in [0.15, 0.2) is 19.7 Å². The Kier molecular flexibility index (Phi) is 7.19. The highest BCUT2D eigenvalue weighted by atomic mass is 32.2. The lowest BCUT2D eigenvalue weighted by atomic mass is 9.80. The van der Waals surface area contributed by atoms with Crippen molar-refractivity contribution in [3.05, 3.63) is 24.3 Å². The van der Waals surface area contributed by atoms with Crippen LogP contribution in [-0.2, 0) is 24.5 Å². The van der Waals surface area contributed by atoms with Crippen molar-refractivity contribution in [2.75, 3.05) is 25.1 Å². The highest BCUT2D eigenvalue weighted by Gasteiger charge is 2.47. The number of carbonyl (C=O) groups is 1. The molecule has 1 aliphatic heterocycles. The Morgan fingerprint density at radius 2 is 1.74 bits per heavy atom. The molecule has 1 amide bonds. The summed E-state index contributed by atoms with van der Waals surface area (Å²) in [6, 6.07) is 7.16. The third kappa shape index (κ3) is 5.29. The summed E-state index contributed by atoms with van der Waals surface area (Å²) in [6.45, 7) is 5.33. The molecule has 8 nitrogen and oxygen atoms in total. The van der Waals surface area contributed by atoms with Crippen LogP contribution in [0.1, 0.15) is 40.0 Å². The van der Waals surface area contributed by atoms with Gasteiger partial charge in [0.2, 0.25) is 5.91 Å². The lowest BCUT2D eigenvalue weighted by Crippen LogP contribution is -2.50. The van der Waals surface area contributed by atoms with E-state index in [1.165, 1.54) is 29.2 Å². The molecule has 1 aromatic rings. The summed E-state index contributed by atoms with van der Waals surface area (Å²) in [7, 11) is -7.06. The first kappa shape index (κ1) is 26.6. The van der Waals surface area contributed by atoms with Crippen molar-refractivity contribution >= 4 is 25.6 Å². The second-order valence-corrected chi connectivity index (χ2v) is 14.3. The number of rotatable bonds is 7. The molecule has 4 atom stereocenters. The van der Waals surface area contributed by atoms with E-state index in [2.05, 4.69) is 5.32 Å². The molecule has 1 heterocycles. The number of sulfone groups is 2. The van der Waals surface area contributed by atoms with Gasteiger partial charge in [-0.05, 0) is 55.4 Å². The molecular formula is C23H32FN3O5S2. The van der Waals surface area contributed by atoms with Gasteiger partial charge in [-0.3, -0.25) is 4.79 Å². The Labute approximate surface area is 201 Å². The Balaban J connectivity index is 1.65. The number of nitrogens with zero attached hydrogens (tertiary/aromatic N) is 2. The monoisotopic (exact) mass is 513 g/mol. The van der Waals surface area contributed by atoms with E-state index in [4.69, 9.17) is 0 Å². The second-order valence-electron chi connectivity index (χ2n) is 10.2. The third-order valence-corrected chi connectivity index (χ3v) is 10.4. The first-order valence-electron chi connectivity index (χ1n) is 11.2. The van der Waals surface area contributed by atoms with Crippen LogP contribution in [0.4, 0.5) is 4.39 Å². The lowest BCUT2D eigenvalue weighted by Gasteiger charge is -2.34. The number of benzene rings is 1. The number of nitrogens with one attached hydrogen (secondary N) is 1. The molecule has 1 N–H and O–H groups in total. The van der Waals surface area contributed by atoms with Crippen molar-refractivity contribution in [1.29, 1.82) is 5.26 Å². The van der Waals surface area contributed by atoms with Crippen LogP contribution in [0, 0.1) is 22.7 Å². The maximum Gasteiger partial charge on any atom is 0.237 e. The Bertz CT molecular complexity index is 1190. The van der Waals surface area contributed by atoms with Crippen molar-refractivity contribution in [1.82, 2.24) is 10.2 Å². The molecule has 1 aromatic carbocycles. The average molecular weight is 514 g/mol. The van der Waals surface area contributed by atoms with Gasteiger partial charge in [-0.1, -0.05) is 13.8 Å². The van der Waals surface area contributed by atoms with Crippen LogP contribution < -0.4 is 5.32 Å². The van der Waals surface area contributed by atoms with E-state index in [1.54, 1.807) is 6.92 Å². The first-order chi connectivity index (χ1) is 15.6. The van der Waals surface area contributed by atoms with E-state index in [-0.39, 0.29) is 52.9 Å². The minimum Gasteiger partial charge on any atom is -0.320 e. The van der Waals surface area contributed by atoms with E-state index in [0.717, 1.165) is 6.26 Å². The minimum atomic E-state index is -3.65. The van der Waals surface area contributed by atoms with Gasteiger partial charge in [-0.15, -0.1) is 0 Å². The van der Waals surface area contributed by atoms with Crippen LogP contribution >= 0.6 is 0 Å². The van der Waals surface area contributed by atoms with Gasteiger partial charge < -0.3 is 10.2 Å². The zero-order chi connectivity index (χ0) is 25.5. The summed E-state index contributed by atoms with van der Waals surface area (Å²) in [5.74, 6) is -0.611. The second kappa shape index (κ2) is 9.21. The third-order valence-electron chi connectivity index (χ3n) is 7.42. The van der Waals surface area contributed by atoms with Crippen molar-refractivity contribution in [3.63, 3.8) is 0 Å². The van der Waals surface area contributed by atoms with E-state index in [0.29, 0.717) is 12.8 Å². The molecule has 0 bridgehead atoms. The maximum absolute atomic E-state index is 13.9. The van der Waals surface area contributed by atoms with Gasteiger partial charge in [-0.2, -0.15) is 5.26 Å². The molecule has 1 aliphatic carbocycles. The van der Waals surface area contributed by atoms with Gasteiger partial charge >= 0.3 is 0 Å². The average Bonchev–Trinajstić information content (AvgIpc) is 3.20. The molecule has 0 radical (unpaired) electrons. The van der Waals surface area contributed by atoms with Gasteiger partial charge in [0, 0.05) is 18.7 Å². The molecule has 1 saturated heterocycles. The van der Waals surface area contributed by atoms with Gasteiger partial charge in [-0.25, -0.2) is 21.2 Å². The van der Waals surface area contributed by atoms with Gasteiger partial charge in [0.1, 0.15) is 11.7 Å². The molecule has 2 fully saturated rings. The zero-order valence-corrected chi connectivity index (χ0v) is 21.5. The maximum atomic E-state index is 13.9. The summed E-state index contributed by atoms with van der Waals surface area (Å²) >= 11 is 0. The van der Waals surface area contributed by atoms with Crippen molar-refractivity contribution < 1.29 is 26.0 Å². The Morgan fingerprint density at radius 1 is 1.15 bits per heavy atom. The Hall–Kier alpha value is -2.03. The lowest BCUT2D eigenvalue weighted by molar-refractivity contribution is -0.132. The largest absolute Gasteiger partial charge is 0.320 e. The highest BCUT2D eigenvalue weighted by molar-refractivity contribution is 7.91. The fourth-order valence-corrected chi connectivity index (χ4v) is 7.61. The van der Waals surface area contributed by atoms with Crippen LogP contribution in [-0.4, -0.2) is 70.5 Å². The molecule has 188 valence electrons. The van der Waals surface area contributed by atoms with Crippen LogP contribution in [0.15, 0.2) is 34.1 Å². The van der Waals surface area contributed by atoms with Gasteiger partial charge in [0.25, 0.3) is 0 Å². The van der Waals surface area contributed by atoms with Crippen molar-refractivity contribution in [3.8, 4) is 6.07 Å². The zero-order valence-electron chi connectivity index (χ0n) is 19.9. The molecule has 2 aliphatic rings. The predicted molar refractivity (Wildman–Crippen MR) is 125 cm³/mol. The molecular weight excluding hydrogens is 481 g/mol. The van der Waals surface area contributed by atoms with Crippen LogP contribution in [0.2, 0.25) is 0 Å².